The van der Waals surface area contributed by atoms with Crippen LogP contribution in [0, 0.1) is 11.3 Å². The van der Waals surface area contributed by atoms with Gasteiger partial charge in [-0.2, -0.15) is 0 Å². The summed E-state index contributed by atoms with van der Waals surface area (Å²) in [6, 6.07) is 3.29. The van der Waals surface area contributed by atoms with E-state index in [1.807, 2.05) is 0 Å². The third-order valence-corrected chi connectivity index (χ3v) is 10.2. The van der Waals surface area contributed by atoms with Gasteiger partial charge < -0.3 is 25.6 Å². The zero-order valence-corrected chi connectivity index (χ0v) is 26.1. The Kier molecular flexibility index (Phi) is 8.61. The Labute approximate surface area is 260 Å². The molecule has 1 aromatic carbocycles. The zero-order chi connectivity index (χ0) is 31.4. The molecule has 0 radical (unpaired) electrons. The number of hydrogen-bond donors (Lipinski definition) is 5. The fourth-order valence-electron chi connectivity index (χ4n) is 7.64. The van der Waals surface area contributed by atoms with Gasteiger partial charge in [0, 0.05) is 28.9 Å². The number of nitrogens with zero attached hydrogens (tertiary/aromatic N) is 1. The van der Waals surface area contributed by atoms with E-state index in [0.717, 1.165) is 18.9 Å². The van der Waals surface area contributed by atoms with Crippen LogP contribution in [0.5, 0.6) is 0 Å². The lowest BCUT2D eigenvalue weighted by molar-refractivity contribution is -0.162. The first-order valence-corrected chi connectivity index (χ1v) is 15.3. The number of anilines is 1. The third kappa shape index (κ3) is 5.55. The van der Waals surface area contributed by atoms with E-state index in [0.29, 0.717) is 29.1 Å². The molecule has 3 heterocycles. The fraction of sp³-hybridized carbons (Fsp3) is 0.581. The van der Waals surface area contributed by atoms with E-state index in [-0.39, 0.29) is 30.2 Å². The molecule has 1 aliphatic carbocycles. The van der Waals surface area contributed by atoms with Gasteiger partial charge >= 0.3 is 0 Å². The van der Waals surface area contributed by atoms with E-state index < -0.39 is 58.3 Å². The molecule has 5 rings (SSSR count). The number of aliphatic hydroxyl groups excluding tert-OH is 1. The van der Waals surface area contributed by atoms with Crippen molar-refractivity contribution in [3.63, 3.8) is 0 Å². The molecule has 1 aromatic rings. The van der Waals surface area contributed by atoms with Gasteiger partial charge in [0.25, 0.3) is 0 Å². The number of halogens is 3. The largest absolute Gasteiger partial charge is 0.394 e. The van der Waals surface area contributed by atoms with E-state index >= 15 is 4.39 Å². The molecule has 234 valence electrons. The van der Waals surface area contributed by atoms with Gasteiger partial charge in [-0.25, -0.2) is 9.38 Å². The van der Waals surface area contributed by atoms with Crippen molar-refractivity contribution in [1.29, 1.82) is 0 Å². The lowest BCUT2D eigenvalue weighted by Crippen LogP contribution is -2.62. The van der Waals surface area contributed by atoms with Crippen LogP contribution in [0.15, 0.2) is 46.8 Å². The number of carbonyl (C=O) groups excluding carboxylic acids is 2. The van der Waals surface area contributed by atoms with Crippen LogP contribution in [-0.4, -0.2) is 70.8 Å². The number of fused-ring (bicyclic) bond motifs is 3. The van der Waals surface area contributed by atoms with Crippen LogP contribution in [-0.2, 0) is 19.7 Å². The van der Waals surface area contributed by atoms with Gasteiger partial charge in [0.2, 0.25) is 11.8 Å². The van der Waals surface area contributed by atoms with Crippen molar-refractivity contribution in [3.8, 4) is 0 Å². The maximum absolute atomic E-state index is 16.7. The van der Waals surface area contributed by atoms with Gasteiger partial charge in [-0.3, -0.25) is 14.9 Å². The number of carbonyl (C=O) groups is 2. The smallest absolute Gasteiger partial charge is 0.238 e. The quantitative estimate of drug-likeness (QED) is 0.236. The molecule has 2 spiro atoms. The molecule has 2 saturated heterocycles. The summed E-state index contributed by atoms with van der Waals surface area (Å²) in [7, 11) is 0. The number of hydrogen-bond acceptors (Lipinski definition) is 7. The van der Waals surface area contributed by atoms with Gasteiger partial charge in [0.1, 0.15) is 22.5 Å². The average Bonchev–Trinajstić information content (AvgIpc) is 3.37. The normalized spacial score (nSPS) is 34.9. The molecule has 12 heteroatoms. The number of allylic oxidation sites excluding steroid dienone is 1. The SMILES string of the molecule is C=C(Cl)N=C/C=C(\F)[C@H]1[C@H](C(=O)N[C@H]2CO[C@H](CO)C(C)(O)C2)NC2(CCC(C)(C)CC2)[C@@]12C(=O)Nc1cc(Cl)ccc12. The molecule has 6 atom stereocenters. The number of aliphatic imine (C=N–C) groups is 1. The van der Waals surface area contributed by atoms with Crippen LogP contribution in [0.3, 0.4) is 0 Å². The molecule has 3 aliphatic heterocycles. The highest BCUT2D eigenvalue weighted by atomic mass is 35.5. The van der Waals surface area contributed by atoms with Crippen LogP contribution < -0.4 is 16.0 Å². The first kappa shape index (κ1) is 32.1. The Bertz CT molecular complexity index is 1370. The maximum atomic E-state index is 16.7. The highest BCUT2D eigenvalue weighted by Gasteiger charge is 2.73. The fourth-order valence-corrected chi connectivity index (χ4v) is 7.86. The molecular weight excluding hydrogens is 598 g/mol. The van der Waals surface area contributed by atoms with Crippen molar-refractivity contribution in [2.45, 2.75) is 87.6 Å². The molecule has 3 fully saturated rings. The minimum Gasteiger partial charge on any atom is -0.394 e. The predicted octanol–water partition coefficient (Wildman–Crippen LogP) is 4.11. The second-order valence-electron chi connectivity index (χ2n) is 13.3. The molecule has 2 amide bonds. The Morgan fingerprint density at radius 3 is 2.60 bits per heavy atom. The first-order chi connectivity index (χ1) is 20.2. The van der Waals surface area contributed by atoms with Crippen LogP contribution in [0.1, 0.15) is 58.4 Å². The Morgan fingerprint density at radius 2 is 1.98 bits per heavy atom. The lowest BCUT2D eigenvalue weighted by atomic mass is 9.54. The number of ether oxygens (including phenoxy) is 1. The monoisotopic (exact) mass is 636 g/mol. The number of nitrogens with one attached hydrogen (secondary N) is 3. The molecule has 43 heavy (non-hydrogen) atoms. The van der Waals surface area contributed by atoms with E-state index in [9.17, 15) is 19.8 Å². The van der Waals surface area contributed by atoms with Crippen molar-refractivity contribution >= 4 is 46.9 Å². The molecule has 5 N–H and O–H groups in total. The van der Waals surface area contributed by atoms with Gasteiger partial charge in [-0.15, -0.1) is 0 Å². The topological polar surface area (TPSA) is 132 Å². The van der Waals surface area contributed by atoms with Crippen molar-refractivity contribution in [2.24, 2.45) is 16.3 Å². The van der Waals surface area contributed by atoms with Gasteiger partial charge in [-0.05, 0) is 61.8 Å². The van der Waals surface area contributed by atoms with Crippen molar-refractivity contribution in [2.75, 3.05) is 18.5 Å². The van der Waals surface area contributed by atoms with Crippen molar-refractivity contribution in [1.82, 2.24) is 10.6 Å². The van der Waals surface area contributed by atoms with Gasteiger partial charge in [0.15, 0.2) is 0 Å². The summed E-state index contributed by atoms with van der Waals surface area (Å²) in [5.74, 6) is -2.92. The number of benzene rings is 1. The second kappa shape index (κ2) is 11.5. The van der Waals surface area contributed by atoms with Crippen LogP contribution in [0.2, 0.25) is 5.02 Å². The molecule has 0 bridgehead atoms. The minimum atomic E-state index is -1.49. The van der Waals surface area contributed by atoms with Gasteiger partial charge in [-0.1, -0.05) is 49.7 Å². The molecule has 4 aliphatic rings. The molecule has 1 saturated carbocycles. The maximum Gasteiger partial charge on any atom is 0.238 e. The van der Waals surface area contributed by atoms with Crippen molar-refractivity contribution < 1.29 is 28.9 Å². The first-order valence-electron chi connectivity index (χ1n) is 14.5. The molecular formula is C31H39Cl2FN4O5. The van der Waals surface area contributed by atoms with Gasteiger partial charge in [0.05, 0.1) is 36.8 Å². The van der Waals surface area contributed by atoms with E-state index in [1.54, 1.807) is 18.2 Å². The number of aliphatic hydroxyl groups is 2. The summed E-state index contributed by atoms with van der Waals surface area (Å²) >= 11 is 12.1. The Balaban J connectivity index is 1.62. The highest BCUT2D eigenvalue weighted by Crippen LogP contribution is 2.62. The van der Waals surface area contributed by atoms with Crippen LogP contribution in [0.25, 0.3) is 0 Å². The van der Waals surface area contributed by atoms with Crippen LogP contribution in [0.4, 0.5) is 10.1 Å². The summed E-state index contributed by atoms with van der Waals surface area (Å²) in [5.41, 5.74) is -2.79. The zero-order valence-electron chi connectivity index (χ0n) is 24.6. The van der Waals surface area contributed by atoms with Crippen LogP contribution >= 0.6 is 23.2 Å². The number of amides is 2. The summed E-state index contributed by atoms with van der Waals surface area (Å²) in [5, 5.41) is 30.2. The average molecular weight is 638 g/mol. The lowest BCUT2D eigenvalue weighted by Gasteiger charge is -2.50. The van der Waals surface area contributed by atoms with E-state index in [1.165, 1.54) is 13.1 Å². The third-order valence-electron chi connectivity index (χ3n) is 9.85. The highest BCUT2D eigenvalue weighted by molar-refractivity contribution is 6.31. The van der Waals surface area contributed by atoms with E-state index in [2.05, 4.69) is 41.4 Å². The molecule has 9 nitrogen and oxygen atoms in total. The summed E-state index contributed by atoms with van der Waals surface area (Å²) < 4.78 is 22.3. The Morgan fingerprint density at radius 1 is 1.28 bits per heavy atom. The van der Waals surface area contributed by atoms with E-state index in [4.69, 9.17) is 27.9 Å². The summed E-state index contributed by atoms with van der Waals surface area (Å²) in [6.07, 6.45) is 4.16. The van der Waals surface area contributed by atoms with Crippen molar-refractivity contribution in [3.05, 3.63) is 52.4 Å². The standard InChI is InChI=1S/C31H39Cl2FN4O5/c1-17(32)35-12-7-21(34)24-25(26(40)36-19-14-29(4,42)23(15-39)43-16-19)38-30(10-8-28(2,3)9-11-30)31(24)20-6-5-18(33)13-22(20)37-27(31)41/h5-7,12-13,19,23-25,38-39,42H,1,8-11,14-16H2,2-4H3,(H,36,40)(H,37,41)/b21-7-,35-12?/t19-,23-,24+,25-,29?,31-/m1/s1. The number of rotatable bonds is 6. The molecule has 0 aromatic heterocycles. The minimum absolute atomic E-state index is 0.00210. The predicted molar refractivity (Wildman–Crippen MR) is 164 cm³/mol. The molecule has 1 unspecified atom stereocenters. The Hall–Kier alpha value is -2.34. The summed E-state index contributed by atoms with van der Waals surface area (Å²) in [4.78, 5) is 32.4. The second-order valence-corrected chi connectivity index (χ2v) is 14.1. The summed E-state index contributed by atoms with van der Waals surface area (Å²) in [6.45, 7) is 9.05.